The highest BCUT2D eigenvalue weighted by atomic mass is 79.9. The average molecular weight is 442 g/mol. The maximum atomic E-state index is 9.77. The number of rotatable bonds is 4. The predicted molar refractivity (Wildman–Crippen MR) is 98.5 cm³/mol. The molecule has 0 aliphatic carbocycles. The van der Waals surface area contributed by atoms with Gasteiger partial charge in [0.1, 0.15) is 5.52 Å². The van der Waals surface area contributed by atoms with Crippen molar-refractivity contribution in [1.82, 2.24) is 15.3 Å². The quantitative estimate of drug-likeness (QED) is 0.367. The maximum absolute atomic E-state index is 9.77. The Morgan fingerprint density at radius 1 is 1.11 bits per heavy atom. The van der Waals surface area contributed by atoms with E-state index in [0.29, 0.717) is 0 Å². The summed E-state index contributed by atoms with van der Waals surface area (Å²) in [5.41, 5.74) is 2.65. The minimum absolute atomic E-state index is 0.800. The van der Waals surface area contributed by atoms with Crippen LogP contribution in [0.25, 0.3) is 11.0 Å². The van der Waals surface area contributed by atoms with Crippen LogP contribution in [-0.4, -0.2) is 73.6 Å². The average Bonchev–Trinajstić information content (AvgIpc) is 3.16. The second kappa shape index (κ2) is 9.21. The fourth-order valence-electron chi connectivity index (χ4n) is 1.98. The normalized spacial score (nSPS) is 15.0. The molecule has 0 bridgehead atoms. The Bertz CT molecular complexity index is 859. The summed E-state index contributed by atoms with van der Waals surface area (Å²) in [6.45, 7) is 1.70. The number of hydrogen-bond acceptors (Lipinski definition) is 9. The summed E-state index contributed by atoms with van der Waals surface area (Å²) in [5.74, 6) is -2.74. The largest absolute Gasteiger partial charge is 0.479 e. The Balaban J connectivity index is 0.000000227. The molecule has 1 aliphatic rings. The van der Waals surface area contributed by atoms with E-state index < -0.39 is 24.1 Å². The molecule has 0 fully saturated rings. The van der Waals surface area contributed by atoms with E-state index in [4.69, 9.17) is 20.4 Å². The minimum Gasteiger partial charge on any atom is -0.479 e. The SMILES string of the molecule is Brc1c(NC2=NCCN2)ccc2nccnc12.O=C(O)[C@H](O)[C@@H](O)C(=O)O. The van der Waals surface area contributed by atoms with Gasteiger partial charge < -0.3 is 31.1 Å². The van der Waals surface area contributed by atoms with Gasteiger partial charge >= 0.3 is 11.9 Å². The number of aromatic nitrogens is 2. The van der Waals surface area contributed by atoms with E-state index in [9.17, 15) is 9.59 Å². The Morgan fingerprint density at radius 2 is 1.74 bits per heavy atom. The smallest absolute Gasteiger partial charge is 0.335 e. The molecular weight excluding hydrogens is 426 g/mol. The maximum Gasteiger partial charge on any atom is 0.335 e. The number of anilines is 1. The number of carboxylic acid groups (broad SMARTS) is 2. The van der Waals surface area contributed by atoms with Crippen LogP contribution < -0.4 is 10.6 Å². The topological polar surface area (TPSA) is 177 Å². The molecular formula is C15H16BrN5O6. The molecule has 0 saturated carbocycles. The lowest BCUT2D eigenvalue weighted by molar-refractivity contribution is -0.165. The van der Waals surface area contributed by atoms with E-state index in [0.717, 1.165) is 40.2 Å². The molecule has 0 unspecified atom stereocenters. The predicted octanol–water partition coefficient (Wildman–Crippen LogP) is -0.359. The fraction of sp³-hybridized carbons (Fsp3) is 0.267. The van der Waals surface area contributed by atoms with Crippen LogP contribution in [0.4, 0.5) is 5.69 Å². The zero-order valence-electron chi connectivity index (χ0n) is 13.7. The van der Waals surface area contributed by atoms with Crippen LogP contribution in [0.15, 0.2) is 34.0 Å². The third kappa shape index (κ3) is 5.32. The molecule has 1 aromatic heterocycles. The second-order valence-electron chi connectivity index (χ2n) is 5.20. The Hall–Kier alpha value is -2.83. The van der Waals surface area contributed by atoms with Gasteiger partial charge in [-0.15, -0.1) is 0 Å². The number of aliphatic hydroxyl groups is 2. The molecule has 3 rings (SSSR count). The standard InChI is InChI=1S/C11H10BrN5.C4H6O6/c12-9-7(17-11-15-5-6-16-11)1-2-8-10(9)14-4-3-13-8;5-1(3(7)8)2(6)4(9)10/h1-4H,5-6H2,(H2,15,16,17);1-2,5-6H,(H,7,8)(H,9,10)/t;1-,2-/m.1/s1. The highest BCUT2D eigenvalue weighted by Gasteiger charge is 2.29. The second-order valence-corrected chi connectivity index (χ2v) is 5.99. The van der Waals surface area contributed by atoms with Crippen molar-refractivity contribution in [3.8, 4) is 0 Å². The van der Waals surface area contributed by atoms with Crippen molar-refractivity contribution >= 4 is 50.5 Å². The summed E-state index contributed by atoms with van der Waals surface area (Å²) >= 11 is 3.54. The summed E-state index contributed by atoms with van der Waals surface area (Å²) in [7, 11) is 0. The van der Waals surface area contributed by atoms with Gasteiger partial charge in [-0.25, -0.2) is 9.59 Å². The van der Waals surface area contributed by atoms with Gasteiger partial charge in [-0.1, -0.05) is 0 Å². The first-order valence-electron chi connectivity index (χ1n) is 7.57. The van der Waals surface area contributed by atoms with E-state index in [1.54, 1.807) is 12.4 Å². The van der Waals surface area contributed by atoms with Gasteiger partial charge in [0.25, 0.3) is 0 Å². The van der Waals surface area contributed by atoms with Crippen LogP contribution in [0, 0.1) is 0 Å². The lowest BCUT2D eigenvalue weighted by atomic mass is 10.2. The number of guanidine groups is 1. The highest BCUT2D eigenvalue weighted by molar-refractivity contribution is 9.10. The van der Waals surface area contributed by atoms with Crippen LogP contribution in [0.5, 0.6) is 0 Å². The van der Waals surface area contributed by atoms with Gasteiger partial charge in [0.2, 0.25) is 0 Å². The van der Waals surface area contributed by atoms with Gasteiger partial charge in [-0.05, 0) is 28.1 Å². The molecule has 12 heteroatoms. The number of aliphatic imine (C=N–C) groups is 1. The molecule has 0 radical (unpaired) electrons. The zero-order valence-corrected chi connectivity index (χ0v) is 15.3. The molecule has 2 aromatic rings. The first kappa shape index (κ1) is 20.5. The van der Waals surface area contributed by atoms with E-state index in [2.05, 4.69) is 41.5 Å². The highest BCUT2D eigenvalue weighted by Crippen LogP contribution is 2.28. The molecule has 1 aliphatic heterocycles. The van der Waals surface area contributed by atoms with Gasteiger partial charge in [0.15, 0.2) is 18.2 Å². The third-order valence-corrected chi connectivity index (χ3v) is 4.11. The number of fused-ring (bicyclic) bond motifs is 1. The third-order valence-electron chi connectivity index (χ3n) is 3.31. The van der Waals surface area contributed by atoms with E-state index in [-0.39, 0.29) is 0 Å². The summed E-state index contributed by atoms with van der Waals surface area (Å²) in [4.78, 5) is 32.4. The molecule has 0 saturated heterocycles. The number of benzene rings is 1. The fourth-order valence-corrected chi connectivity index (χ4v) is 2.52. The van der Waals surface area contributed by atoms with Crippen molar-refractivity contribution in [1.29, 1.82) is 0 Å². The Kier molecular flexibility index (Phi) is 6.98. The lowest BCUT2D eigenvalue weighted by Crippen LogP contribution is -2.39. The van der Waals surface area contributed by atoms with Crippen molar-refractivity contribution in [2.75, 3.05) is 18.4 Å². The Morgan fingerprint density at radius 3 is 2.30 bits per heavy atom. The summed E-state index contributed by atoms with van der Waals surface area (Å²) < 4.78 is 0.902. The number of halogens is 1. The summed E-state index contributed by atoms with van der Waals surface area (Å²) in [6, 6.07) is 3.90. The number of nitrogens with zero attached hydrogens (tertiary/aromatic N) is 3. The molecule has 0 amide bonds. The van der Waals surface area contributed by atoms with Crippen LogP contribution in [0.1, 0.15) is 0 Å². The van der Waals surface area contributed by atoms with Crippen LogP contribution in [-0.2, 0) is 9.59 Å². The number of carboxylic acids is 2. The first-order valence-corrected chi connectivity index (χ1v) is 8.37. The van der Waals surface area contributed by atoms with Crippen LogP contribution in [0.3, 0.4) is 0 Å². The number of carbonyl (C=O) groups is 2. The minimum atomic E-state index is -2.27. The van der Waals surface area contributed by atoms with Crippen molar-refractivity contribution < 1.29 is 30.0 Å². The molecule has 6 N–H and O–H groups in total. The molecule has 11 nitrogen and oxygen atoms in total. The number of aliphatic carboxylic acids is 2. The van der Waals surface area contributed by atoms with Gasteiger partial charge in [-0.3, -0.25) is 15.0 Å². The molecule has 144 valence electrons. The molecule has 27 heavy (non-hydrogen) atoms. The number of aliphatic hydroxyl groups excluding tert-OH is 2. The van der Waals surface area contributed by atoms with Crippen molar-refractivity contribution in [2.45, 2.75) is 12.2 Å². The number of nitrogens with one attached hydrogen (secondary N) is 2. The molecule has 0 spiro atoms. The number of hydrogen-bond donors (Lipinski definition) is 6. The van der Waals surface area contributed by atoms with E-state index in [1.165, 1.54) is 0 Å². The van der Waals surface area contributed by atoms with E-state index in [1.807, 2.05) is 12.1 Å². The van der Waals surface area contributed by atoms with Crippen LogP contribution in [0.2, 0.25) is 0 Å². The monoisotopic (exact) mass is 441 g/mol. The summed E-state index contributed by atoms with van der Waals surface area (Å²) in [6.07, 6.45) is -1.16. The first-order chi connectivity index (χ1) is 12.8. The van der Waals surface area contributed by atoms with Crippen molar-refractivity contribution in [3.63, 3.8) is 0 Å². The Labute approximate surface area is 160 Å². The molecule has 1 aromatic carbocycles. The van der Waals surface area contributed by atoms with Gasteiger partial charge in [-0.2, -0.15) is 0 Å². The lowest BCUT2D eigenvalue weighted by Gasteiger charge is -2.09. The van der Waals surface area contributed by atoms with Crippen LogP contribution >= 0.6 is 15.9 Å². The van der Waals surface area contributed by atoms with E-state index >= 15 is 0 Å². The molecule has 2 heterocycles. The molecule has 2 atom stereocenters. The van der Waals surface area contributed by atoms with Crippen molar-refractivity contribution in [3.05, 3.63) is 29.0 Å². The van der Waals surface area contributed by atoms with Gasteiger partial charge in [0.05, 0.1) is 22.2 Å². The van der Waals surface area contributed by atoms with Crippen molar-refractivity contribution in [2.24, 2.45) is 4.99 Å². The zero-order chi connectivity index (χ0) is 20.0. The van der Waals surface area contributed by atoms with Gasteiger partial charge in [0, 0.05) is 18.9 Å². The summed E-state index contributed by atoms with van der Waals surface area (Å²) in [5, 5.41) is 38.9.